The number of aromatic nitrogens is 5. The summed E-state index contributed by atoms with van der Waals surface area (Å²) in [6.45, 7) is -5.01. The maximum Gasteiger partial charge on any atom is 0.254 e. The average molecular weight is 452 g/mol. The van der Waals surface area contributed by atoms with Crippen LogP contribution in [0.2, 0.25) is 0 Å². The molecule has 168 valence electrons. The third-order valence-corrected chi connectivity index (χ3v) is 4.75. The highest BCUT2D eigenvalue weighted by atomic mass is 16.5. The Morgan fingerprint density at radius 2 is 2.39 bits per heavy atom. The first-order valence-electron chi connectivity index (χ1n) is 12.7. The third kappa shape index (κ3) is 4.74. The normalized spacial score (nSPS) is 16.6. The lowest BCUT2D eigenvalue weighted by Gasteiger charge is -2.15. The molecule has 3 aromatic rings. The summed E-state index contributed by atoms with van der Waals surface area (Å²) < 4.78 is 51.4. The van der Waals surface area contributed by atoms with Gasteiger partial charge < -0.3 is 21.1 Å². The Kier molecular flexibility index (Phi) is 4.35. The number of carbonyl (C=O) groups excluding carboxylic acids is 1. The van der Waals surface area contributed by atoms with E-state index in [1.165, 1.54) is 31.6 Å². The smallest absolute Gasteiger partial charge is 0.254 e. The van der Waals surface area contributed by atoms with Gasteiger partial charge in [0.15, 0.2) is 23.2 Å². The van der Waals surface area contributed by atoms with Gasteiger partial charge in [0.25, 0.3) is 5.91 Å². The van der Waals surface area contributed by atoms with Crippen molar-refractivity contribution in [3.05, 3.63) is 36.4 Å². The van der Waals surface area contributed by atoms with E-state index >= 15 is 0 Å². The SMILES string of the molecule is [2H]C#CC([2H])([2H])n1cnc(-c2ccnc(Nc3cc(N=C(N)C4CC4)ncc3C(=O)NC([2H])([2H])[2H])c2OC)n1. The molecule has 0 bridgehead atoms. The van der Waals surface area contributed by atoms with Crippen molar-refractivity contribution in [2.24, 2.45) is 16.6 Å². The van der Waals surface area contributed by atoms with Crippen LogP contribution in [-0.2, 0) is 6.50 Å². The van der Waals surface area contributed by atoms with E-state index < -0.39 is 19.4 Å². The molecule has 11 heteroatoms. The molecule has 0 aromatic carbocycles. The number of hydrogen-bond donors (Lipinski definition) is 3. The largest absolute Gasteiger partial charge is 0.492 e. The molecule has 0 saturated heterocycles. The summed E-state index contributed by atoms with van der Waals surface area (Å²) in [7, 11) is 1.37. The number of carbonyl (C=O) groups is 1. The van der Waals surface area contributed by atoms with Crippen molar-refractivity contribution in [3.8, 4) is 29.5 Å². The van der Waals surface area contributed by atoms with Gasteiger partial charge in [0.1, 0.15) is 20.0 Å². The minimum Gasteiger partial charge on any atom is -0.492 e. The van der Waals surface area contributed by atoms with Crippen molar-refractivity contribution in [1.29, 1.82) is 0 Å². The number of anilines is 2. The van der Waals surface area contributed by atoms with E-state index in [2.05, 4.69) is 36.3 Å². The van der Waals surface area contributed by atoms with Crippen LogP contribution in [0, 0.1) is 18.2 Å². The Balaban J connectivity index is 1.75. The van der Waals surface area contributed by atoms with Gasteiger partial charge in [-0.2, -0.15) is 0 Å². The molecule has 4 rings (SSSR count). The molecule has 4 N–H and O–H groups in total. The van der Waals surface area contributed by atoms with Crippen LogP contribution in [0.1, 0.15) is 31.4 Å². The molecule has 0 spiro atoms. The fourth-order valence-electron chi connectivity index (χ4n) is 3.00. The molecule has 3 aromatic heterocycles. The number of amidine groups is 1. The zero-order valence-corrected chi connectivity index (χ0v) is 17.5. The van der Waals surface area contributed by atoms with Crippen LogP contribution in [0.4, 0.5) is 17.3 Å². The highest BCUT2D eigenvalue weighted by Crippen LogP contribution is 2.36. The summed E-state index contributed by atoms with van der Waals surface area (Å²) in [6.07, 6.45) is 7.33. The number of hydrogen-bond acceptors (Lipinski definition) is 8. The Hall–Kier alpha value is -4.46. The second-order valence-electron chi connectivity index (χ2n) is 6.97. The quantitative estimate of drug-likeness (QED) is 0.267. The molecule has 1 fully saturated rings. The predicted molar refractivity (Wildman–Crippen MR) is 124 cm³/mol. The highest BCUT2D eigenvalue weighted by Gasteiger charge is 2.26. The molecule has 11 nitrogen and oxygen atoms in total. The van der Waals surface area contributed by atoms with Gasteiger partial charge in [0.05, 0.1) is 26.7 Å². The van der Waals surface area contributed by atoms with E-state index in [-0.39, 0.29) is 40.4 Å². The first-order chi connectivity index (χ1) is 18.4. The molecule has 1 saturated carbocycles. The fourth-order valence-corrected chi connectivity index (χ4v) is 3.00. The third-order valence-electron chi connectivity index (χ3n) is 4.75. The highest BCUT2D eigenvalue weighted by molar-refractivity contribution is 6.00. The van der Waals surface area contributed by atoms with Gasteiger partial charge in [-0.1, -0.05) is 5.92 Å². The lowest BCUT2D eigenvalue weighted by Crippen LogP contribution is -2.19. The Labute approximate surface area is 198 Å². The van der Waals surface area contributed by atoms with Crippen molar-refractivity contribution in [2.75, 3.05) is 19.4 Å². The van der Waals surface area contributed by atoms with E-state index in [9.17, 15) is 4.79 Å². The van der Waals surface area contributed by atoms with Crippen LogP contribution in [0.5, 0.6) is 5.75 Å². The monoisotopic (exact) mass is 451 g/mol. The maximum absolute atomic E-state index is 12.8. The van der Waals surface area contributed by atoms with Gasteiger partial charge in [-0.25, -0.2) is 24.6 Å². The minimum absolute atomic E-state index is 0.0746. The van der Waals surface area contributed by atoms with Gasteiger partial charge in [-0.3, -0.25) is 4.79 Å². The first-order valence-corrected chi connectivity index (χ1v) is 9.75. The van der Waals surface area contributed by atoms with E-state index in [0.717, 1.165) is 23.9 Å². The lowest BCUT2D eigenvalue weighted by atomic mass is 10.2. The summed E-state index contributed by atoms with van der Waals surface area (Å²) in [5.41, 5.74) is 6.36. The molecule has 1 aliphatic carbocycles. The standard InChI is InChI=1S/C22H23N9O2/c1-4-9-31-12-27-20(30-31)14-7-8-25-21(18(14)33-3)28-16-10-17(29-19(23)13-5-6-13)26-11-15(16)22(32)24-2/h1,7-8,10-13H,5-6,9H2,2-3H3,(H,24,32)(H3,23,25,26,28,29)/i1D,2D3,9D2. The second kappa shape index (κ2) is 9.35. The van der Waals surface area contributed by atoms with Crippen LogP contribution in [-0.4, -0.2) is 50.6 Å². The lowest BCUT2D eigenvalue weighted by molar-refractivity contribution is 0.0963. The number of amides is 1. The number of aliphatic imine (C=N–C) groups is 1. The van der Waals surface area contributed by atoms with Gasteiger partial charge in [-0.05, 0) is 18.9 Å². The van der Waals surface area contributed by atoms with Gasteiger partial charge in [-0.15, -0.1) is 11.5 Å². The number of nitrogens with one attached hydrogen (secondary N) is 2. The zero-order chi connectivity index (χ0) is 28.4. The Morgan fingerprint density at radius 3 is 3.15 bits per heavy atom. The van der Waals surface area contributed by atoms with E-state index in [1.54, 1.807) is 6.40 Å². The summed E-state index contributed by atoms with van der Waals surface area (Å²) in [5.74, 6) is 2.28. The Morgan fingerprint density at radius 1 is 1.52 bits per heavy atom. The molecule has 0 atom stereocenters. The molecular weight excluding hydrogens is 422 g/mol. The Bertz CT molecular complexity index is 1490. The van der Waals surface area contributed by atoms with Gasteiger partial charge >= 0.3 is 0 Å². The van der Waals surface area contributed by atoms with Crippen LogP contribution in [0.3, 0.4) is 0 Å². The number of rotatable bonds is 8. The molecule has 1 aliphatic rings. The van der Waals surface area contributed by atoms with Crippen LogP contribution >= 0.6 is 0 Å². The zero-order valence-electron chi connectivity index (χ0n) is 23.5. The number of pyridine rings is 2. The van der Waals surface area contributed by atoms with Crippen LogP contribution in [0.15, 0.2) is 35.8 Å². The number of methoxy groups -OCH3 is 1. The second-order valence-corrected chi connectivity index (χ2v) is 6.97. The van der Waals surface area contributed by atoms with Gasteiger partial charge in [0.2, 0.25) is 0 Å². The van der Waals surface area contributed by atoms with Crippen molar-refractivity contribution >= 4 is 29.1 Å². The summed E-state index contributed by atoms with van der Waals surface area (Å²) in [6, 6.07) is 2.97. The van der Waals surface area contributed by atoms with Crippen molar-refractivity contribution in [2.45, 2.75) is 19.3 Å². The summed E-state index contributed by atoms with van der Waals surface area (Å²) in [4.78, 5) is 29.6. The van der Waals surface area contributed by atoms with Crippen molar-refractivity contribution in [1.82, 2.24) is 30.0 Å². The number of ether oxygens (including phenoxy) is 1. The molecule has 0 unspecified atom stereocenters. The maximum atomic E-state index is 12.8. The fraction of sp³-hybridized carbons (Fsp3) is 0.273. The molecule has 0 aliphatic heterocycles. The average Bonchev–Trinajstić information content (AvgIpc) is 3.59. The topological polar surface area (TPSA) is 145 Å². The van der Waals surface area contributed by atoms with Crippen LogP contribution < -0.4 is 21.1 Å². The first kappa shape index (κ1) is 15.4. The van der Waals surface area contributed by atoms with E-state index in [1.807, 2.05) is 5.32 Å². The summed E-state index contributed by atoms with van der Waals surface area (Å²) >= 11 is 0. The molecule has 33 heavy (non-hydrogen) atoms. The minimum atomic E-state index is -2.74. The summed E-state index contributed by atoms with van der Waals surface area (Å²) in [5, 5.41) is 9.02. The molecular formula is C22H23N9O2. The van der Waals surface area contributed by atoms with E-state index in [0.29, 0.717) is 11.4 Å². The van der Waals surface area contributed by atoms with E-state index in [4.69, 9.17) is 18.7 Å². The van der Waals surface area contributed by atoms with Gasteiger partial charge in [0, 0.05) is 35.5 Å². The number of nitrogens with two attached hydrogens (primary N) is 1. The molecule has 1 amide bonds. The van der Waals surface area contributed by atoms with Crippen molar-refractivity contribution in [3.63, 3.8) is 0 Å². The predicted octanol–water partition coefficient (Wildman–Crippen LogP) is 1.88. The molecule has 0 radical (unpaired) electrons. The number of terminal acetylenes is 1. The number of nitrogens with zero attached hydrogens (tertiary/aromatic N) is 6. The van der Waals surface area contributed by atoms with Crippen LogP contribution in [0.25, 0.3) is 11.4 Å². The molecule has 3 heterocycles. The van der Waals surface area contributed by atoms with Crippen molar-refractivity contribution < 1.29 is 17.8 Å².